The Morgan fingerprint density at radius 3 is 3.00 bits per heavy atom. The van der Waals surface area contributed by atoms with Crippen LogP contribution in [0.25, 0.3) is 0 Å². The molecule has 1 aromatic heterocycles. The number of hydrogen-bond donors (Lipinski definition) is 2. The number of rotatable bonds is 4. The third kappa shape index (κ3) is 2.43. The van der Waals surface area contributed by atoms with Gasteiger partial charge in [-0.2, -0.15) is 0 Å². The molecule has 1 rings (SSSR count). The molecule has 0 bridgehead atoms. The Morgan fingerprint density at radius 2 is 2.43 bits per heavy atom. The zero-order valence-corrected chi connectivity index (χ0v) is 7.67. The van der Waals surface area contributed by atoms with Crippen LogP contribution in [0.1, 0.15) is 18.2 Å². The lowest BCUT2D eigenvalue weighted by atomic mass is 10.1. The number of methoxy groups -OCH3 is 1. The number of aromatic nitrogens is 1. The smallest absolute Gasteiger partial charge is 0.306 e. The summed E-state index contributed by atoms with van der Waals surface area (Å²) in [6.07, 6.45) is -0.0420. The second-order valence-electron chi connectivity index (χ2n) is 2.70. The highest BCUT2D eigenvalue weighted by atomic mass is 16.5. The standard InChI is InChI=1S/C9H11NO4/c1-14-7-3-2-4-10-9(7)6(11)5-8(12)13/h2-4,6,11H,5H2,1H3,(H,12,13)/t6-/m1/s1. The van der Waals surface area contributed by atoms with E-state index in [4.69, 9.17) is 9.84 Å². The highest BCUT2D eigenvalue weighted by Gasteiger charge is 2.17. The van der Waals surface area contributed by atoms with Gasteiger partial charge in [0.25, 0.3) is 0 Å². The van der Waals surface area contributed by atoms with Crippen LogP contribution in [0.2, 0.25) is 0 Å². The van der Waals surface area contributed by atoms with Gasteiger partial charge in [-0.25, -0.2) is 0 Å². The molecule has 1 atom stereocenters. The van der Waals surface area contributed by atoms with E-state index in [0.717, 1.165) is 0 Å². The zero-order valence-electron chi connectivity index (χ0n) is 7.67. The lowest BCUT2D eigenvalue weighted by Gasteiger charge is -2.10. The van der Waals surface area contributed by atoms with Gasteiger partial charge in [0.05, 0.1) is 13.5 Å². The fraction of sp³-hybridized carbons (Fsp3) is 0.333. The Labute approximate surface area is 81.0 Å². The van der Waals surface area contributed by atoms with Gasteiger partial charge in [-0.05, 0) is 12.1 Å². The van der Waals surface area contributed by atoms with Crippen LogP contribution in [0.15, 0.2) is 18.3 Å². The molecule has 0 aliphatic heterocycles. The van der Waals surface area contributed by atoms with Crippen LogP contribution in [0, 0.1) is 0 Å². The fourth-order valence-electron chi connectivity index (χ4n) is 1.09. The number of aliphatic hydroxyl groups excluding tert-OH is 1. The fourth-order valence-corrected chi connectivity index (χ4v) is 1.09. The van der Waals surface area contributed by atoms with Crippen molar-refractivity contribution in [2.45, 2.75) is 12.5 Å². The number of carboxylic acid groups (broad SMARTS) is 1. The van der Waals surface area contributed by atoms with Crippen LogP contribution in [0.3, 0.4) is 0 Å². The van der Waals surface area contributed by atoms with Crippen molar-refractivity contribution in [3.8, 4) is 5.75 Å². The van der Waals surface area contributed by atoms with Crippen LogP contribution in [0.5, 0.6) is 5.75 Å². The summed E-state index contributed by atoms with van der Waals surface area (Å²) in [5, 5.41) is 18.0. The summed E-state index contributed by atoms with van der Waals surface area (Å²) in [7, 11) is 1.44. The van der Waals surface area contributed by atoms with Gasteiger partial charge >= 0.3 is 5.97 Å². The van der Waals surface area contributed by atoms with Crippen LogP contribution >= 0.6 is 0 Å². The molecule has 0 fully saturated rings. The van der Waals surface area contributed by atoms with Crippen LogP contribution < -0.4 is 4.74 Å². The number of carboxylic acids is 1. The topological polar surface area (TPSA) is 79.7 Å². The molecule has 0 aromatic carbocycles. The molecular formula is C9H11NO4. The first-order valence-corrected chi connectivity index (χ1v) is 4.04. The number of nitrogens with zero attached hydrogens (tertiary/aromatic N) is 1. The molecule has 0 saturated carbocycles. The quantitative estimate of drug-likeness (QED) is 0.738. The van der Waals surface area contributed by atoms with E-state index in [1.165, 1.54) is 13.3 Å². The van der Waals surface area contributed by atoms with E-state index < -0.39 is 12.1 Å². The SMILES string of the molecule is COc1cccnc1[C@H](O)CC(=O)O. The summed E-state index contributed by atoms with van der Waals surface area (Å²) in [6, 6.07) is 3.27. The molecule has 0 amide bonds. The van der Waals surface area contributed by atoms with E-state index in [0.29, 0.717) is 5.75 Å². The number of ether oxygens (including phenoxy) is 1. The molecule has 0 unspecified atom stereocenters. The third-order valence-electron chi connectivity index (χ3n) is 1.70. The summed E-state index contributed by atoms with van der Waals surface area (Å²) in [5.74, 6) is -0.688. The summed E-state index contributed by atoms with van der Waals surface area (Å²) >= 11 is 0. The molecule has 14 heavy (non-hydrogen) atoms. The molecule has 0 saturated heterocycles. The number of aliphatic hydroxyl groups is 1. The lowest BCUT2D eigenvalue weighted by Crippen LogP contribution is -2.08. The van der Waals surface area contributed by atoms with Crippen LogP contribution in [-0.2, 0) is 4.79 Å². The molecule has 0 aliphatic carbocycles. The molecule has 2 N–H and O–H groups in total. The van der Waals surface area contributed by atoms with Crippen molar-refractivity contribution in [2.24, 2.45) is 0 Å². The van der Waals surface area contributed by atoms with E-state index in [2.05, 4.69) is 4.98 Å². The molecule has 5 heteroatoms. The highest BCUT2D eigenvalue weighted by molar-refractivity contribution is 5.67. The summed E-state index contributed by atoms with van der Waals surface area (Å²) in [4.78, 5) is 14.2. The van der Waals surface area contributed by atoms with Crippen molar-refractivity contribution in [1.82, 2.24) is 4.98 Å². The van der Waals surface area contributed by atoms with Crippen molar-refractivity contribution in [2.75, 3.05) is 7.11 Å². The van der Waals surface area contributed by atoms with Crippen LogP contribution in [0.4, 0.5) is 0 Å². The van der Waals surface area contributed by atoms with Crippen molar-refractivity contribution in [3.63, 3.8) is 0 Å². The lowest BCUT2D eigenvalue weighted by molar-refractivity contribution is -0.139. The maximum Gasteiger partial charge on any atom is 0.306 e. The minimum absolute atomic E-state index is 0.248. The number of hydrogen-bond acceptors (Lipinski definition) is 4. The molecule has 0 spiro atoms. The molecule has 1 heterocycles. The maximum absolute atomic E-state index is 10.4. The Kier molecular flexibility index (Phi) is 3.41. The molecular weight excluding hydrogens is 186 g/mol. The molecule has 1 aromatic rings. The number of carbonyl (C=O) groups is 1. The van der Waals surface area contributed by atoms with Gasteiger partial charge in [0.1, 0.15) is 17.5 Å². The first kappa shape index (κ1) is 10.5. The van der Waals surface area contributed by atoms with Gasteiger partial charge in [-0.15, -0.1) is 0 Å². The van der Waals surface area contributed by atoms with Crippen LogP contribution in [-0.4, -0.2) is 28.3 Å². The van der Waals surface area contributed by atoms with Gasteiger partial charge < -0.3 is 14.9 Å². The zero-order chi connectivity index (χ0) is 10.6. The summed E-state index contributed by atoms with van der Waals surface area (Å²) in [5.41, 5.74) is 0.248. The third-order valence-corrected chi connectivity index (χ3v) is 1.70. The van der Waals surface area contributed by atoms with E-state index >= 15 is 0 Å². The monoisotopic (exact) mass is 197 g/mol. The second-order valence-corrected chi connectivity index (χ2v) is 2.70. The average Bonchev–Trinajstić information content (AvgIpc) is 2.16. The van der Waals surface area contributed by atoms with Crippen molar-refractivity contribution < 1.29 is 19.7 Å². The highest BCUT2D eigenvalue weighted by Crippen LogP contribution is 2.23. The van der Waals surface area contributed by atoms with Crippen molar-refractivity contribution >= 4 is 5.97 Å². The van der Waals surface area contributed by atoms with Gasteiger partial charge in [0, 0.05) is 6.20 Å². The van der Waals surface area contributed by atoms with Gasteiger partial charge in [-0.3, -0.25) is 9.78 Å². The summed E-state index contributed by atoms with van der Waals surface area (Å²) < 4.78 is 4.93. The number of aliphatic carboxylic acids is 1. The Morgan fingerprint density at radius 1 is 1.71 bits per heavy atom. The van der Waals surface area contributed by atoms with E-state index in [1.807, 2.05) is 0 Å². The second kappa shape index (κ2) is 4.57. The predicted octanol–water partition coefficient (Wildman–Crippen LogP) is 0.598. The van der Waals surface area contributed by atoms with E-state index in [9.17, 15) is 9.90 Å². The minimum atomic E-state index is -1.14. The maximum atomic E-state index is 10.4. The Balaban J connectivity index is 2.87. The largest absolute Gasteiger partial charge is 0.495 e. The van der Waals surface area contributed by atoms with Crippen molar-refractivity contribution in [1.29, 1.82) is 0 Å². The normalized spacial score (nSPS) is 12.1. The minimum Gasteiger partial charge on any atom is -0.495 e. The van der Waals surface area contributed by atoms with Crippen molar-refractivity contribution in [3.05, 3.63) is 24.0 Å². The predicted molar refractivity (Wildman–Crippen MR) is 48.0 cm³/mol. The summed E-state index contributed by atoms with van der Waals surface area (Å²) in [6.45, 7) is 0. The molecule has 76 valence electrons. The molecule has 0 radical (unpaired) electrons. The number of pyridine rings is 1. The molecule has 5 nitrogen and oxygen atoms in total. The van der Waals surface area contributed by atoms with E-state index in [1.54, 1.807) is 12.1 Å². The van der Waals surface area contributed by atoms with E-state index in [-0.39, 0.29) is 12.1 Å². The molecule has 0 aliphatic rings. The van der Waals surface area contributed by atoms with Gasteiger partial charge in [0.2, 0.25) is 0 Å². The van der Waals surface area contributed by atoms with Gasteiger partial charge in [-0.1, -0.05) is 0 Å². The average molecular weight is 197 g/mol. The Hall–Kier alpha value is -1.62. The first-order chi connectivity index (χ1) is 6.65. The van der Waals surface area contributed by atoms with Gasteiger partial charge in [0.15, 0.2) is 0 Å². The Bertz CT molecular complexity index is 326. The first-order valence-electron chi connectivity index (χ1n) is 4.04.